The van der Waals surface area contributed by atoms with Gasteiger partial charge in [0.05, 0.1) is 6.54 Å². The molecule has 0 saturated carbocycles. The Morgan fingerprint density at radius 2 is 1.93 bits per heavy atom. The molecule has 90 valence electrons. The highest BCUT2D eigenvalue weighted by molar-refractivity contribution is 5.78. The third-order valence-electron chi connectivity index (χ3n) is 1.64. The molecule has 0 heterocycles. The van der Waals surface area contributed by atoms with E-state index in [-0.39, 0.29) is 19.0 Å². The van der Waals surface area contributed by atoms with Crippen molar-refractivity contribution in [1.82, 2.24) is 10.2 Å². The molecule has 15 heavy (non-hydrogen) atoms. The molecule has 0 saturated heterocycles. The summed E-state index contributed by atoms with van der Waals surface area (Å²) in [5, 5.41) is 2.55. The van der Waals surface area contributed by atoms with Crippen LogP contribution >= 0.6 is 0 Å². The largest absolute Gasteiger partial charge is 0.406 e. The lowest BCUT2D eigenvalue weighted by Gasteiger charge is -2.25. The molecule has 3 nitrogen and oxygen atoms in total. The van der Waals surface area contributed by atoms with E-state index in [0.29, 0.717) is 0 Å². The van der Waals surface area contributed by atoms with Gasteiger partial charge in [0, 0.05) is 6.54 Å². The Bertz CT molecular complexity index is 204. The van der Waals surface area contributed by atoms with Crippen LogP contribution in [-0.4, -0.2) is 43.7 Å². The molecule has 0 atom stereocenters. The summed E-state index contributed by atoms with van der Waals surface area (Å²) >= 11 is 0. The van der Waals surface area contributed by atoms with Crippen LogP contribution in [0.4, 0.5) is 13.2 Å². The molecule has 0 unspecified atom stereocenters. The molecule has 0 aliphatic rings. The van der Waals surface area contributed by atoms with E-state index >= 15 is 0 Å². The van der Waals surface area contributed by atoms with Crippen molar-refractivity contribution in [3.05, 3.63) is 0 Å². The van der Waals surface area contributed by atoms with Crippen LogP contribution in [0.3, 0.4) is 0 Å². The van der Waals surface area contributed by atoms with Crippen molar-refractivity contribution in [2.75, 3.05) is 26.7 Å². The van der Waals surface area contributed by atoms with Crippen LogP contribution in [0.1, 0.15) is 13.8 Å². The first-order valence-corrected chi connectivity index (χ1v) is 4.75. The maximum absolute atomic E-state index is 12.1. The first kappa shape index (κ1) is 14.2. The molecule has 0 aliphatic heterocycles. The van der Waals surface area contributed by atoms with Crippen molar-refractivity contribution in [2.45, 2.75) is 20.0 Å². The lowest BCUT2D eigenvalue weighted by atomic mass is 10.2. The molecule has 6 heteroatoms. The van der Waals surface area contributed by atoms with Gasteiger partial charge in [0.2, 0.25) is 5.91 Å². The highest BCUT2D eigenvalue weighted by Crippen LogP contribution is 2.17. The summed E-state index contributed by atoms with van der Waals surface area (Å²) in [6.45, 7) is 2.43. The van der Waals surface area contributed by atoms with Gasteiger partial charge in [-0.25, -0.2) is 0 Å². The molecule has 0 fully saturated rings. The summed E-state index contributed by atoms with van der Waals surface area (Å²) in [5.41, 5.74) is 0. The number of likely N-dealkylation sites (N-methyl/N-ethyl adjacent to an activating group) is 1. The fourth-order valence-corrected chi connectivity index (χ4v) is 1.17. The van der Waals surface area contributed by atoms with Crippen molar-refractivity contribution in [1.29, 1.82) is 0 Å². The third-order valence-corrected chi connectivity index (χ3v) is 1.64. The first-order chi connectivity index (χ1) is 6.76. The van der Waals surface area contributed by atoms with Gasteiger partial charge >= 0.3 is 6.18 Å². The lowest BCUT2D eigenvalue weighted by molar-refractivity contribution is -0.161. The predicted molar refractivity (Wildman–Crippen MR) is 51.4 cm³/mol. The van der Waals surface area contributed by atoms with Crippen molar-refractivity contribution in [2.24, 2.45) is 5.92 Å². The third kappa shape index (κ3) is 7.18. The van der Waals surface area contributed by atoms with Gasteiger partial charge in [-0.15, -0.1) is 0 Å². The van der Waals surface area contributed by atoms with Crippen molar-refractivity contribution < 1.29 is 18.0 Å². The summed E-state index contributed by atoms with van der Waals surface area (Å²) in [7, 11) is 1.53. The van der Waals surface area contributed by atoms with Crippen LogP contribution in [0.25, 0.3) is 0 Å². The van der Waals surface area contributed by atoms with Gasteiger partial charge in [0.25, 0.3) is 0 Å². The van der Waals surface area contributed by atoms with Crippen LogP contribution in [0.5, 0.6) is 0 Å². The fourth-order valence-electron chi connectivity index (χ4n) is 1.17. The number of halogens is 3. The maximum atomic E-state index is 12.1. The van der Waals surface area contributed by atoms with E-state index < -0.39 is 18.6 Å². The molecule has 0 radical (unpaired) electrons. The number of amides is 1. The Balaban J connectivity index is 4.37. The zero-order valence-corrected chi connectivity index (χ0v) is 9.19. The average Bonchev–Trinajstić information content (AvgIpc) is 1.99. The molecule has 1 N–H and O–H groups in total. The highest BCUT2D eigenvalue weighted by atomic mass is 19.4. The van der Waals surface area contributed by atoms with Gasteiger partial charge in [0.1, 0.15) is 6.54 Å². The number of rotatable bonds is 5. The Morgan fingerprint density at radius 1 is 1.40 bits per heavy atom. The van der Waals surface area contributed by atoms with E-state index in [4.69, 9.17) is 0 Å². The number of hydrogen-bond donors (Lipinski definition) is 1. The lowest BCUT2D eigenvalue weighted by Crippen LogP contribution is -2.44. The smallest absolute Gasteiger partial charge is 0.332 e. The molecular formula is C9H17F3N2O. The molecular weight excluding hydrogens is 209 g/mol. The number of nitrogens with zero attached hydrogens (tertiary/aromatic N) is 1. The highest BCUT2D eigenvalue weighted by Gasteiger charge is 2.32. The summed E-state index contributed by atoms with van der Waals surface area (Å²) in [5.74, 6) is -0.503. The minimum atomic E-state index is -4.34. The van der Waals surface area contributed by atoms with Crippen molar-refractivity contribution in [3.63, 3.8) is 0 Å². The Hall–Kier alpha value is -0.780. The normalized spacial score (nSPS) is 11.9. The molecule has 0 spiro atoms. The van der Waals surface area contributed by atoms with Gasteiger partial charge in [-0.1, -0.05) is 13.8 Å². The fraction of sp³-hybridized carbons (Fsp3) is 0.889. The number of hydrogen-bond acceptors (Lipinski definition) is 2. The number of nitrogens with one attached hydrogen (secondary N) is 1. The van der Waals surface area contributed by atoms with Crippen LogP contribution in [0.2, 0.25) is 0 Å². The topological polar surface area (TPSA) is 32.3 Å². The van der Waals surface area contributed by atoms with Crippen LogP contribution in [-0.2, 0) is 4.79 Å². The summed E-state index contributed by atoms with van der Waals surface area (Å²) < 4.78 is 36.4. The van der Waals surface area contributed by atoms with E-state index in [1.165, 1.54) is 7.05 Å². The number of carbonyl (C=O) groups excluding carboxylic acids is 1. The quantitative estimate of drug-likeness (QED) is 0.765. The van der Waals surface area contributed by atoms with Gasteiger partial charge in [-0.3, -0.25) is 4.79 Å². The Morgan fingerprint density at radius 3 is 2.27 bits per heavy atom. The van der Waals surface area contributed by atoms with E-state index in [1.54, 1.807) is 13.8 Å². The monoisotopic (exact) mass is 226 g/mol. The minimum absolute atomic E-state index is 0.0214. The van der Waals surface area contributed by atoms with Crippen molar-refractivity contribution in [3.8, 4) is 0 Å². The van der Waals surface area contributed by atoms with E-state index in [9.17, 15) is 18.0 Å². The zero-order chi connectivity index (χ0) is 12.1. The maximum Gasteiger partial charge on any atom is 0.406 e. The van der Waals surface area contributed by atoms with Crippen molar-refractivity contribution >= 4 is 5.91 Å². The number of alkyl halides is 3. The van der Waals surface area contributed by atoms with Gasteiger partial charge in [-0.05, 0) is 13.0 Å². The van der Waals surface area contributed by atoms with E-state index in [0.717, 1.165) is 4.90 Å². The zero-order valence-electron chi connectivity index (χ0n) is 9.19. The second-order valence-electron chi connectivity index (χ2n) is 3.81. The second-order valence-corrected chi connectivity index (χ2v) is 3.81. The molecule has 0 aliphatic carbocycles. The molecule has 1 amide bonds. The number of carbonyl (C=O) groups is 1. The summed E-state index contributed by atoms with van der Waals surface area (Å²) in [6.07, 6.45) is -4.34. The van der Waals surface area contributed by atoms with Gasteiger partial charge in [-0.2, -0.15) is 13.2 Å². The standard InChI is InChI=1S/C9H17F3N2O/c1-7(2)5-14(6-9(10,11)12)8(15)4-13-3/h7,13H,4-6H2,1-3H3. The average molecular weight is 226 g/mol. The van der Waals surface area contributed by atoms with Crippen LogP contribution < -0.4 is 5.32 Å². The summed E-state index contributed by atoms with van der Waals surface area (Å²) in [4.78, 5) is 12.2. The Labute approximate surface area is 87.6 Å². The van der Waals surface area contributed by atoms with Crippen LogP contribution in [0.15, 0.2) is 0 Å². The molecule has 0 aromatic heterocycles. The molecule has 0 aromatic carbocycles. The Kier molecular flexibility index (Phi) is 5.64. The SMILES string of the molecule is CNCC(=O)N(CC(C)C)CC(F)(F)F. The second kappa shape index (κ2) is 5.95. The molecule has 0 aromatic rings. The van der Waals surface area contributed by atoms with Gasteiger partial charge < -0.3 is 10.2 Å². The summed E-state index contributed by atoms with van der Waals surface area (Å²) in [6, 6.07) is 0. The minimum Gasteiger partial charge on any atom is -0.332 e. The predicted octanol–water partition coefficient (Wildman–Crippen LogP) is 1.25. The molecule has 0 bridgehead atoms. The van der Waals surface area contributed by atoms with Crippen LogP contribution in [0, 0.1) is 5.92 Å². The van der Waals surface area contributed by atoms with E-state index in [2.05, 4.69) is 5.32 Å². The van der Waals surface area contributed by atoms with E-state index in [1.807, 2.05) is 0 Å². The van der Waals surface area contributed by atoms with Gasteiger partial charge in [0.15, 0.2) is 0 Å². The molecule has 0 rings (SSSR count). The first-order valence-electron chi connectivity index (χ1n) is 4.75.